The highest BCUT2D eigenvalue weighted by Gasteiger charge is 2.19. The van der Waals surface area contributed by atoms with E-state index in [1.807, 2.05) is 11.3 Å². The van der Waals surface area contributed by atoms with Crippen LogP contribution in [0, 0.1) is 0 Å². The molecule has 2 heteroatoms. The van der Waals surface area contributed by atoms with Crippen LogP contribution in [-0.4, -0.2) is 0 Å². The van der Waals surface area contributed by atoms with Crippen molar-refractivity contribution in [3.8, 4) is 11.1 Å². The second-order valence-electron chi connectivity index (χ2n) is 11.3. The Kier molecular flexibility index (Phi) is 5.75. The van der Waals surface area contributed by atoms with Gasteiger partial charge in [-0.2, -0.15) is 0 Å². The molecule has 8 aromatic carbocycles. The summed E-state index contributed by atoms with van der Waals surface area (Å²) in [5.41, 5.74) is 5.91. The Morgan fingerprint density at radius 3 is 1.82 bits per heavy atom. The summed E-state index contributed by atoms with van der Waals surface area (Å²) in [7, 11) is 0. The monoisotopic (exact) mass is 577 g/mol. The molecule has 0 saturated heterocycles. The minimum absolute atomic E-state index is 1.14. The third-order valence-electron chi connectivity index (χ3n) is 8.84. The third-order valence-corrected chi connectivity index (χ3v) is 9.97. The molecule has 0 amide bonds. The van der Waals surface area contributed by atoms with Crippen LogP contribution in [0.2, 0.25) is 0 Å². The summed E-state index contributed by atoms with van der Waals surface area (Å²) in [4.78, 5) is 2.43. The second kappa shape index (κ2) is 10.1. The van der Waals surface area contributed by atoms with Crippen molar-refractivity contribution in [2.45, 2.75) is 0 Å². The zero-order valence-corrected chi connectivity index (χ0v) is 24.8. The van der Waals surface area contributed by atoms with E-state index in [1.54, 1.807) is 0 Å². The van der Waals surface area contributed by atoms with Gasteiger partial charge < -0.3 is 4.90 Å². The third kappa shape index (κ3) is 4.00. The first kappa shape index (κ1) is 25.1. The van der Waals surface area contributed by atoms with Crippen molar-refractivity contribution >= 4 is 80.9 Å². The molecule has 0 atom stereocenters. The molecule has 206 valence electrons. The van der Waals surface area contributed by atoms with Crippen LogP contribution < -0.4 is 4.90 Å². The Morgan fingerprint density at radius 1 is 0.364 bits per heavy atom. The first-order valence-electron chi connectivity index (χ1n) is 15.0. The van der Waals surface area contributed by atoms with E-state index >= 15 is 0 Å². The second-order valence-corrected chi connectivity index (χ2v) is 12.4. The molecule has 0 N–H and O–H groups in total. The van der Waals surface area contributed by atoms with Gasteiger partial charge in [-0.3, -0.25) is 0 Å². The number of benzene rings is 8. The highest BCUT2D eigenvalue weighted by Crippen LogP contribution is 2.45. The van der Waals surface area contributed by atoms with Crippen LogP contribution in [0.15, 0.2) is 164 Å². The predicted octanol–water partition coefficient (Wildman–Crippen LogP) is 12.7. The van der Waals surface area contributed by atoms with Gasteiger partial charge in [-0.15, -0.1) is 11.3 Å². The van der Waals surface area contributed by atoms with Gasteiger partial charge in [0.25, 0.3) is 0 Å². The largest absolute Gasteiger partial charge is 0.310 e. The highest BCUT2D eigenvalue weighted by atomic mass is 32.1. The van der Waals surface area contributed by atoms with Gasteiger partial charge in [-0.25, -0.2) is 0 Å². The van der Waals surface area contributed by atoms with Crippen molar-refractivity contribution in [2.75, 3.05) is 4.90 Å². The molecule has 9 rings (SSSR count). The molecule has 1 heterocycles. The van der Waals surface area contributed by atoms with Crippen LogP contribution in [0.5, 0.6) is 0 Å². The molecule has 44 heavy (non-hydrogen) atoms. The summed E-state index contributed by atoms with van der Waals surface area (Å²) in [5.74, 6) is 0. The van der Waals surface area contributed by atoms with E-state index in [2.05, 4.69) is 169 Å². The highest BCUT2D eigenvalue weighted by molar-refractivity contribution is 7.26. The molecule has 0 aliphatic heterocycles. The van der Waals surface area contributed by atoms with Gasteiger partial charge in [0.2, 0.25) is 0 Å². The summed E-state index contributed by atoms with van der Waals surface area (Å²) >= 11 is 1.86. The molecule has 1 aromatic heterocycles. The minimum atomic E-state index is 1.14. The standard InChI is InChI=1S/C42H27NS/c1-2-9-28(10-3-1)29-17-21-32(22-18-29)43(39-14-8-16-41-42(39)38-13-6-7-15-40(38)44-41)33-23-26-35-31(27-33)20-25-36-34-12-5-4-11-30(34)19-24-37(35)36/h1-27H. The lowest BCUT2D eigenvalue weighted by atomic mass is 9.96. The van der Waals surface area contributed by atoms with Gasteiger partial charge in [0.05, 0.1) is 5.69 Å². The van der Waals surface area contributed by atoms with Crippen molar-refractivity contribution in [3.05, 3.63) is 164 Å². The van der Waals surface area contributed by atoms with E-state index in [9.17, 15) is 0 Å². The maximum Gasteiger partial charge on any atom is 0.0554 e. The molecule has 0 bridgehead atoms. The normalized spacial score (nSPS) is 11.6. The molecular weight excluding hydrogens is 551 g/mol. The molecule has 0 radical (unpaired) electrons. The number of nitrogens with zero attached hydrogens (tertiary/aromatic N) is 1. The van der Waals surface area contributed by atoms with Gasteiger partial charge in [0, 0.05) is 31.5 Å². The number of rotatable bonds is 4. The first-order valence-corrected chi connectivity index (χ1v) is 15.8. The maximum absolute atomic E-state index is 2.43. The van der Waals surface area contributed by atoms with E-state index in [0.717, 1.165) is 11.4 Å². The number of hydrogen-bond acceptors (Lipinski definition) is 2. The van der Waals surface area contributed by atoms with Gasteiger partial charge in [-0.05, 0) is 85.9 Å². The van der Waals surface area contributed by atoms with Crippen molar-refractivity contribution in [1.82, 2.24) is 0 Å². The Labute approximate surface area is 259 Å². The van der Waals surface area contributed by atoms with Gasteiger partial charge in [-0.1, -0.05) is 121 Å². The summed E-state index contributed by atoms with van der Waals surface area (Å²) in [5, 5.41) is 10.3. The van der Waals surface area contributed by atoms with Crippen molar-refractivity contribution in [2.24, 2.45) is 0 Å². The van der Waals surface area contributed by atoms with Crippen LogP contribution in [0.4, 0.5) is 17.1 Å². The molecular formula is C42H27NS. The summed E-state index contributed by atoms with van der Waals surface area (Å²) in [6.07, 6.45) is 0. The van der Waals surface area contributed by atoms with Crippen LogP contribution in [0.1, 0.15) is 0 Å². The fourth-order valence-electron chi connectivity index (χ4n) is 6.76. The van der Waals surface area contributed by atoms with E-state index in [-0.39, 0.29) is 0 Å². The molecule has 0 spiro atoms. The Morgan fingerprint density at radius 2 is 0.977 bits per heavy atom. The predicted molar refractivity (Wildman–Crippen MR) is 192 cm³/mol. The van der Waals surface area contributed by atoms with E-state index in [1.165, 1.54) is 69.3 Å². The van der Waals surface area contributed by atoms with Crippen LogP contribution in [-0.2, 0) is 0 Å². The molecule has 0 unspecified atom stereocenters. The summed E-state index contributed by atoms with van der Waals surface area (Å²) in [6.45, 7) is 0. The smallest absolute Gasteiger partial charge is 0.0554 e. The zero-order valence-electron chi connectivity index (χ0n) is 23.9. The van der Waals surface area contributed by atoms with Gasteiger partial charge in [0.1, 0.15) is 0 Å². The zero-order chi connectivity index (χ0) is 29.0. The molecule has 1 nitrogen and oxygen atoms in total. The number of anilines is 3. The molecule has 9 aromatic rings. The Balaban J connectivity index is 1.27. The average molecular weight is 578 g/mol. The minimum Gasteiger partial charge on any atom is -0.310 e. The Hall–Kier alpha value is -5.44. The molecule has 0 aliphatic rings. The number of hydrogen-bond donors (Lipinski definition) is 0. The van der Waals surface area contributed by atoms with E-state index in [0.29, 0.717) is 0 Å². The summed E-state index contributed by atoms with van der Waals surface area (Å²) in [6, 6.07) is 59.8. The van der Waals surface area contributed by atoms with Crippen LogP contribution >= 0.6 is 11.3 Å². The first-order chi connectivity index (χ1) is 21.8. The maximum atomic E-state index is 2.43. The lowest BCUT2D eigenvalue weighted by Gasteiger charge is -2.27. The summed E-state index contributed by atoms with van der Waals surface area (Å²) < 4.78 is 2.61. The SMILES string of the molecule is c1ccc(-c2ccc(N(c3ccc4c(ccc5c6ccccc6ccc45)c3)c3cccc4sc5ccccc5c34)cc2)cc1. The van der Waals surface area contributed by atoms with Gasteiger partial charge >= 0.3 is 0 Å². The fraction of sp³-hybridized carbons (Fsp3) is 0. The Bertz CT molecular complexity index is 2490. The molecule has 0 fully saturated rings. The van der Waals surface area contributed by atoms with Crippen molar-refractivity contribution in [3.63, 3.8) is 0 Å². The number of fused-ring (bicyclic) bond motifs is 8. The topological polar surface area (TPSA) is 3.24 Å². The van der Waals surface area contributed by atoms with Crippen LogP contribution in [0.3, 0.4) is 0 Å². The lowest BCUT2D eigenvalue weighted by Crippen LogP contribution is -2.10. The molecule has 0 saturated carbocycles. The van der Waals surface area contributed by atoms with E-state index < -0.39 is 0 Å². The average Bonchev–Trinajstić information content (AvgIpc) is 3.48. The quantitative estimate of drug-likeness (QED) is 0.188. The number of thiophene rings is 1. The van der Waals surface area contributed by atoms with Crippen molar-refractivity contribution in [1.29, 1.82) is 0 Å². The fourth-order valence-corrected chi connectivity index (χ4v) is 7.89. The van der Waals surface area contributed by atoms with E-state index in [4.69, 9.17) is 0 Å². The van der Waals surface area contributed by atoms with Crippen LogP contribution in [0.25, 0.3) is 63.6 Å². The van der Waals surface area contributed by atoms with Gasteiger partial charge in [0.15, 0.2) is 0 Å². The van der Waals surface area contributed by atoms with Crippen molar-refractivity contribution < 1.29 is 0 Å². The lowest BCUT2D eigenvalue weighted by molar-refractivity contribution is 1.31. The molecule has 0 aliphatic carbocycles.